The van der Waals surface area contributed by atoms with Gasteiger partial charge in [0, 0.05) is 18.8 Å². The highest BCUT2D eigenvalue weighted by atomic mass is 35.5. The second kappa shape index (κ2) is 12.8. The summed E-state index contributed by atoms with van der Waals surface area (Å²) >= 11 is 13.7. The van der Waals surface area contributed by atoms with Crippen molar-refractivity contribution in [3.05, 3.63) is 63.6 Å². The fourth-order valence-corrected chi connectivity index (χ4v) is 4.30. The molecule has 0 aromatic heterocycles. The van der Waals surface area contributed by atoms with Crippen molar-refractivity contribution in [1.82, 2.24) is 10.2 Å². The van der Waals surface area contributed by atoms with Gasteiger partial charge in [0.05, 0.1) is 22.9 Å². The van der Waals surface area contributed by atoms with Crippen LogP contribution in [0.15, 0.2) is 42.5 Å². The van der Waals surface area contributed by atoms with Crippen LogP contribution in [0.2, 0.25) is 10.0 Å². The average Bonchev–Trinajstić information content (AvgIpc) is 2.76. The summed E-state index contributed by atoms with van der Waals surface area (Å²) in [6, 6.07) is 12.5. The number of hydrogen-bond acceptors (Lipinski definition) is 4. The molecule has 1 N–H and O–H groups in total. The Morgan fingerprint density at radius 1 is 1.06 bits per heavy atom. The number of hydrogen-bond donors (Lipinski definition) is 1. The Balaban J connectivity index is 2.11. The minimum Gasteiger partial charge on any atom is -0.497 e. The number of nitrogens with one attached hydrogen (secondary N) is 1. The van der Waals surface area contributed by atoms with Crippen molar-refractivity contribution >= 4 is 46.8 Å². The van der Waals surface area contributed by atoms with Crippen molar-refractivity contribution in [1.29, 1.82) is 0 Å². The number of halogens is 2. The molecule has 1 atom stereocenters. The van der Waals surface area contributed by atoms with Crippen LogP contribution >= 0.6 is 35.0 Å². The van der Waals surface area contributed by atoms with Crippen molar-refractivity contribution in [2.24, 2.45) is 0 Å². The Labute approximate surface area is 198 Å². The molecule has 2 rings (SSSR count). The first-order valence-electron chi connectivity index (χ1n) is 10.1. The summed E-state index contributed by atoms with van der Waals surface area (Å²) in [6.45, 7) is 4.56. The van der Waals surface area contributed by atoms with Crippen LogP contribution in [0.1, 0.15) is 31.4 Å². The van der Waals surface area contributed by atoms with Crippen LogP contribution in [-0.2, 0) is 21.9 Å². The lowest BCUT2D eigenvalue weighted by atomic mass is 10.1. The number of carbonyl (C=O) groups is 2. The van der Waals surface area contributed by atoms with E-state index in [1.165, 1.54) is 11.8 Å². The number of ether oxygens (including phenoxy) is 1. The summed E-state index contributed by atoms with van der Waals surface area (Å²) in [5.41, 5.74) is 1.93. The first-order chi connectivity index (χ1) is 14.9. The van der Waals surface area contributed by atoms with E-state index in [1.807, 2.05) is 44.2 Å². The first kappa shape index (κ1) is 25.4. The summed E-state index contributed by atoms with van der Waals surface area (Å²) in [6.07, 6.45) is 0.516. The molecular formula is C23H28Cl2N2O3S. The molecule has 1 unspecified atom stereocenters. The Morgan fingerprint density at radius 2 is 1.74 bits per heavy atom. The van der Waals surface area contributed by atoms with Crippen molar-refractivity contribution in [2.75, 3.05) is 19.4 Å². The summed E-state index contributed by atoms with van der Waals surface area (Å²) in [4.78, 5) is 27.4. The normalized spacial score (nSPS) is 11.6. The van der Waals surface area contributed by atoms with Crippen molar-refractivity contribution < 1.29 is 14.3 Å². The van der Waals surface area contributed by atoms with E-state index in [0.717, 1.165) is 16.9 Å². The number of benzene rings is 2. The molecule has 8 heteroatoms. The van der Waals surface area contributed by atoms with Crippen LogP contribution in [0.25, 0.3) is 0 Å². The molecule has 0 bridgehead atoms. The van der Waals surface area contributed by atoms with Gasteiger partial charge in [-0.15, -0.1) is 11.8 Å². The fraction of sp³-hybridized carbons (Fsp3) is 0.391. The molecule has 0 aliphatic heterocycles. The molecule has 0 saturated carbocycles. The van der Waals surface area contributed by atoms with Gasteiger partial charge in [-0.05, 0) is 48.7 Å². The lowest BCUT2D eigenvalue weighted by Gasteiger charge is -2.30. The third kappa shape index (κ3) is 7.63. The number of nitrogens with zero attached hydrogens (tertiary/aromatic N) is 1. The van der Waals surface area contributed by atoms with Crippen molar-refractivity contribution in [3.8, 4) is 5.75 Å². The minimum atomic E-state index is -0.552. The number of carbonyl (C=O) groups excluding carboxylic acids is 2. The molecule has 0 fully saturated rings. The quantitative estimate of drug-likeness (QED) is 0.479. The highest BCUT2D eigenvalue weighted by Crippen LogP contribution is 2.25. The van der Waals surface area contributed by atoms with Crippen molar-refractivity contribution in [2.45, 2.75) is 38.6 Å². The average molecular weight is 483 g/mol. The molecule has 5 nitrogen and oxygen atoms in total. The fourth-order valence-electron chi connectivity index (χ4n) is 3.11. The Morgan fingerprint density at radius 3 is 2.32 bits per heavy atom. The van der Waals surface area contributed by atoms with Gasteiger partial charge in [0.2, 0.25) is 11.8 Å². The zero-order valence-corrected chi connectivity index (χ0v) is 20.3. The summed E-state index contributed by atoms with van der Waals surface area (Å²) in [5, 5.41) is 3.71. The topological polar surface area (TPSA) is 58.6 Å². The Hall–Kier alpha value is -1.89. The van der Waals surface area contributed by atoms with Crippen LogP contribution in [-0.4, -0.2) is 42.2 Å². The highest BCUT2D eigenvalue weighted by Gasteiger charge is 2.28. The van der Waals surface area contributed by atoms with E-state index in [9.17, 15) is 9.59 Å². The van der Waals surface area contributed by atoms with E-state index in [2.05, 4.69) is 5.32 Å². The van der Waals surface area contributed by atoms with Crippen molar-refractivity contribution in [3.63, 3.8) is 0 Å². The van der Waals surface area contributed by atoms with E-state index in [4.69, 9.17) is 27.9 Å². The zero-order chi connectivity index (χ0) is 22.8. The summed E-state index contributed by atoms with van der Waals surface area (Å²) in [5.74, 6) is 1.50. The second-order valence-electron chi connectivity index (χ2n) is 6.93. The maximum absolute atomic E-state index is 13.1. The van der Waals surface area contributed by atoms with Crippen LogP contribution in [0, 0.1) is 0 Å². The zero-order valence-electron chi connectivity index (χ0n) is 18.0. The molecule has 31 heavy (non-hydrogen) atoms. The van der Waals surface area contributed by atoms with Gasteiger partial charge in [0.15, 0.2) is 0 Å². The van der Waals surface area contributed by atoms with Gasteiger partial charge in [-0.25, -0.2) is 0 Å². The molecule has 2 aromatic carbocycles. The maximum atomic E-state index is 13.1. The minimum absolute atomic E-state index is 0.0947. The molecule has 0 aliphatic carbocycles. The molecule has 2 amide bonds. The molecule has 0 spiro atoms. The number of likely N-dealkylation sites (N-methyl/N-ethyl adjacent to an activating group) is 1. The number of rotatable bonds is 11. The van der Waals surface area contributed by atoms with Gasteiger partial charge in [-0.1, -0.05) is 48.3 Å². The van der Waals surface area contributed by atoms with E-state index < -0.39 is 6.04 Å². The standard InChI is InChI=1S/C23H28Cl2N2O3S/c1-4-21(23(29)26-5-2)27(13-17-8-11-19(24)20(25)12-17)22(28)15-31-14-16-6-9-18(30-3)10-7-16/h6-12,21H,4-5,13-15H2,1-3H3,(H,26,29). The largest absolute Gasteiger partial charge is 0.497 e. The molecular weight excluding hydrogens is 455 g/mol. The predicted octanol–water partition coefficient (Wildman–Crippen LogP) is 5.18. The summed E-state index contributed by atoms with van der Waals surface area (Å²) < 4.78 is 5.17. The molecule has 168 valence electrons. The monoisotopic (exact) mass is 482 g/mol. The van der Waals surface area contributed by atoms with Crippen LogP contribution in [0.4, 0.5) is 0 Å². The van der Waals surface area contributed by atoms with E-state index in [0.29, 0.717) is 28.8 Å². The van der Waals surface area contributed by atoms with Gasteiger partial charge >= 0.3 is 0 Å². The Kier molecular flexibility index (Phi) is 10.5. The van der Waals surface area contributed by atoms with Crippen LogP contribution in [0.5, 0.6) is 5.75 Å². The van der Waals surface area contributed by atoms with E-state index in [-0.39, 0.29) is 24.1 Å². The van der Waals surface area contributed by atoms with Gasteiger partial charge in [0.25, 0.3) is 0 Å². The SMILES string of the molecule is CCNC(=O)C(CC)N(Cc1ccc(Cl)c(Cl)c1)C(=O)CSCc1ccc(OC)cc1. The second-order valence-corrected chi connectivity index (χ2v) is 8.73. The van der Waals surface area contributed by atoms with Gasteiger partial charge < -0.3 is 15.0 Å². The molecule has 0 radical (unpaired) electrons. The maximum Gasteiger partial charge on any atom is 0.242 e. The van der Waals surface area contributed by atoms with E-state index >= 15 is 0 Å². The van der Waals surface area contributed by atoms with Gasteiger partial charge in [0.1, 0.15) is 11.8 Å². The lowest BCUT2D eigenvalue weighted by molar-refractivity contribution is -0.139. The molecule has 0 saturated heterocycles. The summed E-state index contributed by atoms with van der Waals surface area (Å²) in [7, 11) is 1.63. The van der Waals surface area contributed by atoms with E-state index in [1.54, 1.807) is 24.1 Å². The molecule has 2 aromatic rings. The third-order valence-corrected chi connectivity index (χ3v) is 6.45. The number of thioether (sulfide) groups is 1. The third-order valence-electron chi connectivity index (χ3n) is 4.73. The first-order valence-corrected chi connectivity index (χ1v) is 12.0. The smallest absolute Gasteiger partial charge is 0.242 e. The molecule has 0 heterocycles. The number of amides is 2. The Bertz CT molecular complexity index is 878. The molecule has 0 aliphatic rings. The highest BCUT2D eigenvalue weighted by molar-refractivity contribution is 7.99. The number of methoxy groups -OCH3 is 1. The van der Waals surface area contributed by atoms with Gasteiger partial charge in [-0.2, -0.15) is 0 Å². The van der Waals surface area contributed by atoms with Gasteiger partial charge in [-0.3, -0.25) is 9.59 Å². The lowest BCUT2D eigenvalue weighted by Crippen LogP contribution is -2.49. The van der Waals surface area contributed by atoms with Crippen LogP contribution in [0.3, 0.4) is 0 Å². The van der Waals surface area contributed by atoms with Crippen LogP contribution < -0.4 is 10.1 Å². The predicted molar refractivity (Wildman–Crippen MR) is 129 cm³/mol.